The molecule has 1 heterocycles. The van der Waals surface area contributed by atoms with E-state index in [9.17, 15) is 14.7 Å². The summed E-state index contributed by atoms with van der Waals surface area (Å²) in [6, 6.07) is 5.29. The lowest BCUT2D eigenvalue weighted by atomic mass is 9.86. The average molecular weight is 361 g/mol. The van der Waals surface area contributed by atoms with Crippen molar-refractivity contribution >= 4 is 11.9 Å². The molecule has 0 saturated heterocycles. The van der Waals surface area contributed by atoms with Crippen LogP contribution in [0.4, 0.5) is 0 Å². The highest BCUT2D eigenvalue weighted by molar-refractivity contribution is 5.81. The molecule has 2 aliphatic rings. The number of fused-ring (bicyclic) bond motifs is 1. The molecule has 142 valence electrons. The fourth-order valence-electron chi connectivity index (χ4n) is 3.92. The summed E-state index contributed by atoms with van der Waals surface area (Å²) >= 11 is 0. The third kappa shape index (κ3) is 4.29. The first-order chi connectivity index (χ1) is 12.6. The van der Waals surface area contributed by atoms with Crippen molar-refractivity contribution in [2.24, 2.45) is 11.8 Å². The van der Waals surface area contributed by atoms with E-state index in [0.29, 0.717) is 19.4 Å². The summed E-state index contributed by atoms with van der Waals surface area (Å²) in [4.78, 5) is 24.4. The Morgan fingerprint density at radius 1 is 1.19 bits per heavy atom. The molecule has 0 bridgehead atoms. The Balaban J connectivity index is 1.67. The van der Waals surface area contributed by atoms with Crippen LogP contribution in [0.25, 0.3) is 0 Å². The minimum absolute atomic E-state index is 0.115. The molecule has 3 unspecified atom stereocenters. The molecular formula is C20H27NO5. The molecule has 1 aromatic carbocycles. The van der Waals surface area contributed by atoms with Gasteiger partial charge in [-0.1, -0.05) is 25.7 Å². The quantitative estimate of drug-likeness (QED) is 0.861. The molecule has 1 aliphatic carbocycles. The zero-order valence-corrected chi connectivity index (χ0v) is 15.2. The Morgan fingerprint density at radius 2 is 1.96 bits per heavy atom. The monoisotopic (exact) mass is 361 g/mol. The Labute approximate surface area is 153 Å². The van der Waals surface area contributed by atoms with E-state index >= 15 is 0 Å². The first kappa shape index (κ1) is 18.5. The molecule has 1 aliphatic heterocycles. The van der Waals surface area contributed by atoms with Crippen LogP contribution in [0.3, 0.4) is 0 Å². The number of carbonyl (C=O) groups is 2. The van der Waals surface area contributed by atoms with Crippen LogP contribution in [0.15, 0.2) is 18.2 Å². The smallest absolute Gasteiger partial charge is 0.308 e. The van der Waals surface area contributed by atoms with Crippen LogP contribution in [-0.2, 0) is 16.0 Å². The maximum Gasteiger partial charge on any atom is 0.308 e. The number of aliphatic carboxylic acids is 1. The second kappa shape index (κ2) is 8.43. The van der Waals surface area contributed by atoms with Crippen molar-refractivity contribution in [1.29, 1.82) is 0 Å². The number of benzene rings is 1. The summed E-state index contributed by atoms with van der Waals surface area (Å²) < 4.78 is 11.0. The van der Waals surface area contributed by atoms with Crippen molar-refractivity contribution in [1.82, 2.24) is 5.32 Å². The van der Waals surface area contributed by atoms with Gasteiger partial charge in [0.05, 0.1) is 18.9 Å². The van der Waals surface area contributed by atoms with Crippen molar-refractivity contribution < 1.29 is 24.2 Å². The first-order valence-corrected chi connectivity index (χ1v) is 9.41. The molecule has 3 atom stereocenters. The van der Waals surface area contributed by atoms with E-state index in [2.05, 4.69) is 5.32 Å². The Morgan fingerprint density at radius 3 is 2.69 bits per heavy atom. The lowest BCUT2D eigenvalue weighted by Crippen LogP contribution is -2.48. The molecule has 0 radical (unpaired) electrons. The van der Waals surface area contributed by atoms with Crippen LogP contribution < -0.4 is 14.8 Å². The van der Waals surface area contributed by atoms with Gasteiger partial charge < -0.3 is 19.9 Å². The van der Waals surface area contributed by atoms with Gasteiger partial charge in [-0.05, 0) is 43.0 Å². The zero-order valence-electron chi connectivity index (χ0n) is 15.2. The number of rotatable bonds is 4. The number of amides is 1. The molecule has 26 heavy (non-hydrogen) atoms. The van der Waals surface area contributed by atoms with Gasteiger partial charge in [0.25, 0.3) is 0 Å². The summed E-state index contributed by atoms with van der Waals surface area (Å²) in [5.41, 5.74) is 0.947. The molecule has 1 amide bonds. The molecule has 1 fully saturated rings. The molecular weight excluding hydrogens is 334 g/mol. The lowest BCUT2D eigenvalue weighted by molar-refractivity contribution is -0.143. The molecule has 1 saturated carbocycles. The fraction of sp³-hybridized carbons (Fsp3) is 0.600. The van der Waals surface area contributed by atoms with Gasteiger partial charge in [0.1, 0.15) is 18.1 Å². The number of carboxylic acid groups (broad SMARTS) is 1. The molecule has 2 N–H and O–H groups in total. The predicted molar refractivity (Wildman–Crippen MR) is 96.4 cm³/mol. The van der Waals surface area contributed by atoms with Crippen LogP contribution in [-0.4, -0.2) is 36.7 Å². The minimum Gasteiger partial charge on any atom is -0.497 e. The Bertz CT molecular complexity index is 660. The van der Waals surface area contributed by atoms with E-state index in [1.165, 1.54) is 0 Å². The van der Waals surface area contributed by atoms with Crippen molar-refractivity contribution in [3.05, 3.63) is 23.8 Å². The number of ether oxygens (including phenoxy) is 2. The second-order valence-electron chi connectivity index (χ2n) is 7.24. The standard InChI is InChI=1S/C20H27NO5/c1-25-15-8-9-18-13(11-15)10-14(12-26-18)19(22)21-17-7-5-3-2-4-6-16(17)20(23)24/h8-9,11,14,16-17H,2-7,10,12H2,1H3,(H,21,22)(H,23,24). The van der Waals surface area contributed by atoms with Gasteiger partial charge in [-0.3, -0.25) is 9.59 Å². The molecule has 6 nitrogen and oxygen atoms in total. The van der Waals surface area contributed by atoms with Crippen LogP contribution in [0, 0.1) is 11.8 Å². The topological polar surface area (TPSA) is 84.9 Å². The van der Waals surface area contributed by atoms with Gasteiger partial charge in [-0.25, -0.2) is 0 Å². The van der Waals surface area contributed by atoms with Crippen LogP contribution in [0.1, 0.15) is 44.1 Å². The minimum atomic E-state index is -0.813. The van der Waals surface area contributed by atoms with E-state index in [4.69, 9.17) is 9.47 Å². The number of nitrogens with one attached hydrogen (secondary N) is 1. The largest absolute Gasteiger partial charge is 0.497 e. The average Bonchev–Trinajstić information content (AvgIpc) is 2.62. The van der Waals surface area contributed by atoms with Gasteiger partial charge >= 0.3 is 5.97 Å². The zero-order chi connectivity index (χ0) is 18.5. The normalized spacial score (nSPS) is 25.8. The van der Waals surface area contributed by atoms with Crippen molar-refractivity contribution in [2.75, 3.05) is 13.7 Å². The van der Waals surface area contributed by atoms with E-state index in [-0.39, 0.29) is 17.9 Å². The third-order valence-corrected chi connectivity index (χ3v) is 5.46. The Kier molecular flexibility index (Phi) is 6.01. The van der Waals surface area contributed by atoms with Crippen molar-refractivity contribution in [3.8, 4) is 11.5 Å². The molecule has 6 heteroatoms. The maximum atomic E-state index is 12.8. The van der Waals surface area contributed by atoms with Crippen molar-refractivity contribution in [3.63, 3.8) is 0 Å². The highest BCUT2D eigenvalue weighted by Crippen LogP contribution is 2.31. The van der Waals surface area contributed by atoms with Crippen LogP contribution in [0.5, 0.6) is 11.5 Å². The summed E-state index contributed by atoms with van der Waals surface area (Å²) in [5, 5.41) is 12.6. The highest BCUT2D eigenvalue weighted by Gasteiger charge is 2.33. The predicted octanol–water partition coefficient (Wildman–Crippen LogP) is 2.79. The summed E-state index contributed by atoms with van der Waals surface area (Å²) in [5.74, 6) is -0.225. The molecule has 1 aromatic rings. The summed E-state index contributed by atoms with van der Waals surface area (Å²) in [7, 11) is 1.61. The number of carbonyl (C=O) groups excluding carboxylic acids is 1. The van der Waals surface area contributed by atoms with Gasteiger partial charge in [0, 0.05) is 6.04 Å². The number of methoxy groups -OCH3 is 1. The number of hydrogen-bond acceptors (Lipinski definition) is 4. The molecule has 0 aromatic heterocycles. The first-order valence-electron chi connectivity index (χ1n) is 9.41. The number of hydrogen-bond donors (Lipinski definition) is 2. The number of carboxylic acids is 1. The van der Waals surface area contributed by atoms with Crippen LogP contribution >= 0.6 is 0 Å². The maximum absolute atomic E-state index is 12.8. The van der Waals surface area contributed by atoms with E-state index in [1.807, 2.05) is 18.2 Å². The Hall–Kier alpha value is -2.24. The summed E-state index contributed by atoms with van der Waals surface area (Å²) in [6.07, 6.45) is 5.95. The molecule has 0 spiro atoms. The van der Waals surface area contributed by atoms with Gasteiger partial charge in [0.2, 0.25) is 5.91 Å². The van der Waals surface area contributed by atoms with Crippen LogP contribution in [0.2, 0.25) is 0 Å². The SMILES string of the molecule is COc1ccc2c(c1)CC(C(=O)NC1CCCCCCC1C(=O)O)CO2. The van der Waals surface area contributed by atoms with Gasteiger partial charge in [-0.2, -0.15) is 0 Å². The van der Waals surface area contributed by atoms with E-state index in [1.54, 1.807) is 7.11 Å². The van der Waals surface area contributed by atoms with E-state index < -0.39 is 11.9 Å². The third-order valence-electron chi connectivity index (χ3n) is 5.46. The lowest BCUT2D eigenvalue weighted by Gasteiger charge is -2.30. The highest BCUT2D eigenvalue weighted by atomic mass is 16.5. The fourth-order valence-corrected chi connectivity index (χ4v) is 3.92. The van der Waals surface area contributed by atoms with Gasteiger partial charge in [-0.15, -0.1) is 0 Å². The van der Waals surface area contributed by atoms with Gasteiger partial charge in [0.15, 0.2) is 0 Å². The van der Waals surface area contributed by atoms with Crippen molar-refractivity contribution in [2.45, 2.75) is 51.0 Å². The molecule has 3 rings (SSSR count). The second-order valence-corrected chi connectivity index (χ2v) is 7.24. The van der Waals surface area contributed by atoms with E-state index in [0.717, 1.165) is 49.2 Å². The summed E-state index contributed by atoms with van der Waals surface area (Å²) in [6.45, 7) is 0.315.